The van der Waals surface area contributed by atoms with E-state index in [1.165, 1.54) is 6.42 Å². The summed E-state index contributed by atoms with van der Waals surface area (Å²) < 4.78 is 0. The van der Waals surface area contributed by atoms with Crippen molar-refractivity contribution in [2.24, 2.45) is 5.41 Å². The summed E-state index contributed by atoms with van der Waals surface area (Å²) in [7, 11) is 2.19. The molecule has 0 spiro atoms. The van der Waals surface area contributed by atoms with E-state index in [9.17, 15) is 0 Å². The zero-order chi connectivity index (χ0) is 13.3. The van der Waals surface area contributed by atoms with Gasteiger partial charge in [-0.05, 0) is 38.3 Å². The minimum absolute atomic E-state index is 0.315. The molecule has 0 radical (unpaired) electrons. The van der Waals surface area contributed by atoms with Crippen LogP contribution < -0.4 is 5.32 Å². The highest BCUT2D eigenvalue weighted by Gasteiger charge is 2.19. The molecular weight excluding hydrogens is 212 g/mol. The van der Waals surface area contributed by atoms with Crippen molar-refractivity contribution >= 4 is 0 Å². The number of hydrogen-bond donors (Lipinski definition) is 2. The van der Waals surface area contributed by atoms with Crippen molar-refractivity contribution in [3.8, 4) is 0 Å². The number of aliphatic hydroxyl groups is 1. The van der Waals surface area contributed by atoms with E-state index >= 15 is 0 Å². The lowest BCUT2D eigenvalue weighted by atomic mass is 9.92. The molecule has 0 saturated carbocycles. The summed E-state index contributed by atoms with van der Waals surface area (Å²) in [6.45, 7) is 12.6. The van der Waals surface area contributed by atoms with Crippen LogP contribution in [0.2, 0.25) is 0 Å². The number of aliphatic hydroxyl groups excluding tert-OH is 1. The standard InChI is InChI=1S/C14H32N2O/c1-13(2)15-11-14(3,4)12-16(5)9-7-6-8-10-17/h13,15,17H,6-12H2,1-5H3. The van der Waals surface area contributed by atoms with Crippen LogP contribution >= 0.6 is 0 Å². The molecule has 0 unspecified atom stereocenters. The Balaban J connectivity index is 3.72. The van der Waals surface area contributed by atoms with Crippen molar-refractivity contribution < 1.29 is 5.11 Å². The molecular formula is C14H32N2O. The smallest absolute Gasteiger partial charge is 0.0431 e. The molecule has 0 aliphatic heterocycles. The Bertz CT molecular complexity index is 181. The highest BCUT2D eigenvalue weighted by molar-refractivity contribution is 4.76. The van der Waals surface area contributed by atoms with Crippen LogP contribution in [0.1, 0.15) is 47.0 Å². The first-order chi connectivity index (χ1) is 7.87. The zero-order valence-electron chi connectivity index (χ0n) is 12.4. The average Bonchev–Trinajstić information content (AvgIpc) is 2.21. The molecule has 0 aliphatic carbocycles. The minimum atomic E-state index is 0.315. The molecule has 0 aromatic heterocycles. The molecule has 0 amide bonds. The first kappa shape index (κ1) is 16.9. The van der Waals surface area contributed by atoms with Gasteiger partial charge in [0.15, 0.2) is 0 Å². The molecule has 0 saturated heterocycles. The van der Waals surface area contributed by atoms with E-state index in [0.717, 1.165) is 32.5 Å². The van der Waals surface area contributed by atoms with Crippen molar-refractivity contribution in [1.29, 1.82) is 0 Å². The maximum atomic E-state index is 8.72. The average molecular weight is 244 g/mol. The summed E-state index contributed by atoms with van der Waals surface area (Å²) >= 11 is 0. The van der Waals surface area contributed by atoms with Gasteiger partial charge in [0.05, 0.1) is 0 Å². The molecule has 0 heterocycles. The Morgan fingerprint density at radius 1 is 1.18 bits per heavy atom. The minimum Gasteiger partial charge on any atom is -0.396 e. The lowest BCUT2D eigenvalue weighted by Crippen LogP contribution is -2.41. The predicted molar refractivity (Wildman–Crippen MR) is 75.4 cm³/mol. The number of nitrogens with zero attached hydrogens (tertiary/aromatic N) is 1. The molecule has 0 atom stereocenters. The topological polar surface area (TPSA) is 35.5 Å². The molecule has 17 heavy (non-hydrogen) atoms. The van der Waals surface area contributed by atoms with Crippen LogP contribution in [0.25, 0.3) is 0 Å². The van der Waals surface area contributed by atoms with Gasteiger partial charge >= 0.3 is 0 Å². The molecule has 3 heteroatoms. The van der Waals surface area contributed by atoms with Gasteiger partial charge in [-0.15, -0.1) is 0 Å². The maximum absolute atomic E-state index is 8.72. The van der Waals surface area contributed by atoms with Crippen molar-refractivity contribution in [2.75, 3.05) is 33.3 Å². The van der Waals surface area contributed by atoms with Crippen molar-refractivity contribution in [2.45, 2.75) is 53.0 Å². The predicted octanol–water partition coefficient (Wildman–Crippen LogP) is 2.10. The fraction of sp³-hybridized carbons (Fsp3) is 1.00. The molecule has 0 aromatic rings. The van der Waals surface area contributed by atoms with Gasteiger partial charge in [0.2, 0.25) is 0 Å². The fourth-order valence-electron chi connectivity index (χ4n) is 2.02. The van der Waals surface area contributed by atoms with E-state index in [1.807, 2.05) is 0 Å². The van der Waals surface area contributed by atoms with Gasteiger partial charge in [0.1, 0.15) is 0 Å². The van der Waals surface area contributed by atoms with Crippen LogP contribution in [0.3, 0.4) is 0 Å². The molecule has 0 aromatic carbocycles. The van der Waals surface area contributed by atoms with Crippen molar-refractivity contribution in [3.63, 3.8) is 0 Å². The van der Waals surface area contributed by atoms with E-state index in [4.69, 9.17) is 5.11 Å². The summed E-state index contributed by atoms with van der Waals surface area (Å²) in [4.78, 5) is 2.40. The number of hydrogen-bond acceptors (Lipinski definition) is 3. The van der Waals surface area contributed by atoms with Crippen molar-refractivity contribution in [1.82, 2.24) is 10.2 Å². The number of rotatable bonds is 10. The van der Waals surface area contributed by atoms with Crippen LogP contribution in [0.5, 0.6) is 0 Å². The highest BCUT2D eigenvalue weighted by atomic mass is 16.2. The Labute approximate surface area is 108 Å². The second kappa shape index (κ2) is 8.90. The van der Waals surface area contributed by atoms with Crippen LogP contribution in [-0.2, 0) is 0 Å². The van der Waals surface area contributed by atoms with Gasteiger partial charge in [-0.2, -0.15) is 0 Å². The SMILES string of the molecule is CC(C)NCC(C)(C)CN(C)CCCCCO. The van der Waals surface area contributed by atoms with Crippen LogP contribution in [-0.4, -0.2) is 49.3 Å². The zero-order valence-corrected chi connectivity index (χ0v) is 12.4. The monoisotopic (exact) mass is 244 g/mol. The summed E-state index contributed by atoms with van der Waals surface area (Å²) in [6.07, 6.45) is 3.25. The van der Waals surface area contributed by atoms with E-state index in [1.54, 1.807) is 0 Å². The quantitative estimate of drug-likeness (QED) is 0.578. The van der Waals surface area contributed by atoms with Gasteiger partial charge in [0.25, 0.3) is 0 Å². The molecule has 0 bridgehead atoms. The lowest BCUT2D eigenvalue weighted by molar-refractivity contribution is 0.196. The van der Waals surface area contributed by atoms with Crippen molar-refractivity contribution in [3.05, 3.63) is 0 Å². The first-order valence-corrected chi connectivity index (χ1v) is 6.90. The largest absolute Gasteiger partial charge is 0.396 e. The Morgan fingerprint density at radius 2 is 1.82 bits per heavy atom. The second-order valence-electron chi connectivity index (χ2n) is 6.22. The molecule has 0 rings (SSSR count). The third-order valence-electron chi connectivity index (χ3n) is 2.88. The van der Waals surface area contributed by atoms with Crippen LogP contribution in [0.4, 0.5) is 0 Å². The summed E-state index contributed by atoms with van der Waals surface area (Å²) in [6, 6.07) is 0.559. The van der Waals surface area contributed by atoms with Gasteiger partial charge in [-0.1, -0.05) is 27.7 Å². The summed E-state index contributed by atoms with van der Waals surface area (Å²) in [5.74, 6) is 0. The third-order valence-corrected chi connectivity index (χ3v) is 2.88. The lowest BCUT2D eigenvalue weighted by Gasteiger charge is -2.31. The highest BCUT2D eigenvalue weighted by Crippen LogP contribution is 2.15. The van der Waals surface area contributed by atoms with E-state index in [-0.39, 0.29) is 0 Å². The summed E-state index contributed by atoms with van der Waals surface area (Å²) in [5.41, 5.74) is 0.315. The molecule has 0 fully saturated rings. The van der Waals surface area contributed by atoms with E-state index in [2.05, 4.69) is 45.0 Å². The number of nitrogens with one attached hydrogen (secondary N) is 1. The van der Waals surface area contributed by atoms with E-state index in [0.29, 0.717) is 18.1 Å². The molecule has 104 valence electrons. The Morgan fingerprint density at radius 3 is 2.35 bits per heavy atom. The third kappa shape index (κ3) is 10.7. The normalized spacial score (nSPS) is 12.7. The van der Waals surface area contributed by atoms with Crippen LogP contribution in [0.15, 0.2) is 0 Å². The molecule has 0 aliphatic rings. The second-order valence-corrected chi connectivity index (χ2v) is 6.22. The number of unbranched alkanes of at least 4 members (excludes halogenated alkanes) is 2. The van der Waals surface area contributed by atoms with Gasteiger partial charge in [-0.3, -0.25) is 0 Å². The fourth-order valence-corrected chi connectivity index (χ4v) is 2.02. The van der Waals surface area contributed by atoms with Gasteiger partial charge < -0.3 is 15.3 Å². The molecule has 3 nitrogen and oxygen atoms in total. The van der Waals surface area contributed by atoms with Gasteiger partial charge in [-0.25, -0.2) is 0 Å². The first-order valence-electron chi connectivity index (χ1n) is 6.90. The Hall–Kier alpha value is -0.120. The Kier molecular flexibility index (Phi) is 8.83. The maximum Gasteiger partial charge on any atom is 0.0431 e. The molecule has 2 N–H and O–H groups in total. The summed E-state index contributed by atoms with van der Waals surface area (Å²) in [5, 5.41) is 12.2. The van der Waals surface area contributed by atoms with E-state index < -0.39 is 0 Å². The van der Waals surface area contributed by atoms with Gasteiger partial charge in [0, 0.05) is 25.7 Å². The van der Waals surface area contributed by atoms with Crippen LogP contribution in [0, 0.1) is 5.41 Å².